The van der Waals surface area contributed by atoms with E-state index in [1.54, 1.807) is 11.3 Å². The third-order valence-electron chi connectivity index (χ3n) is 8.99. The largest absolute Gasteiger partial charge is 0.309 e. The van der Waals surface area contributed by atoms with E-state index in [2.05, 4.69) is 150 Å². The van der Waals surface area contributed by atoms with E-state index < -0.39 is 0 Å². The molecule has 0 saturated heterocycles. The summed E-state index contributed by atoms with van der Waals surface area (Å²) in [7, 11) is 0. The molecule has 0 bridgehead atoms. The van der Waals surface area contributed by atoms with Crippen LogP contribution in [0.1, 0.15) is 0 Å². The first kappa shape index (κ1) is 25.1. The lowest BCUT2D eigenvalue weighted by molar-refractivity contribution is 1.18. The first-order valence-electron chi connectivity index (χ1n) is 15.1. The lowest BCUT2D eigenvalue weighted by Gasteiger charge is -2.08. The van der Waals surface area contributed by atoms with Gasteiger partial charge in [-0.05, 0) is 58.8 Å². The summed E-state index contributed by atoms with van der Waals surface area (Å²) in [6, 6.07) is 52.7. The second kappa shape index (κ2) is 9.60. The molecule has 0 atom stereocenters. The Morgan fingerprint density at radius 2 is 1.22 bits per heavy atom. The summed E-state index contributed by atoms with van der Waals surface area (Å²) >= 11 is 3.67. The summed E-state index contributed by atoms with van der Waals surface area (Å²) in [6.07, 6.45) is 0. The number of thiazole rings is 1. The SMILES string of the molecule is c1ccc(-c2cc3sc(-c4cccc5c4c4cc6ccccc6cc4n5-c4ccccc4)nc3c3c2sc2ccccc23)cc1. The summed E-state index contributed by atoms with van der Waals surface area (Å²) in [5.74, 6) is 0. The number of para-hydroxylation sites is 1. The van der Waals surface area contributed by atoms with Gasteiger partial charge in [0.25, 0.3) is 0 Å². The van der Waals surface area contributed by atoms with Crippen LogP contribution in [0, 0.1) is 0 Å². The molecule has 7 aromatic carbocycles. The van der Waals surface area contributed by atoms with E-state index in [-0.39, 0.29) is 0 Å². The summed E-state index contributed by atoms with van der Waals surface area (Å²) in [5.41, 5.74) is 8.35. The molecule has 3 heterocycles. The zero-order chi connectivity index (χ0) is 29.5. The van der Waals surface area contributed by atoms with E-state index in [1.165, 1.54) is 74.1 Å². The van der Waals surface area contributed by atoms with E-state index in [9.17, 15) is 0 Å². The lowest BCUT2D eigenvalue weighted by Crippen LogP contribution is -1.93. The molecule has 0 unspecified atom stereocenters. The quantitative estimate of drug-likeness (QED) is 0.195. The molecule has 0 aliphatic heterocycles. The standard InChI is InChI=1S/C41H24N2S2/c1-3-12-25(13-4-1)31-24-36-39(38-29-18-9-10-21-35(29)44-40(31)38)42-41(45-36)30-19-11-20-33-37(30)32-22-26-14-7-8-15-27(26)23-34(32)43(33)28-16-5-2-6-17-28/h1-24H. The van der Waals surface area contributed by atoms with Crippen LogP contribution in [-0.2, 0) is 0 Å². The number of thiophene rings is 1. The Labute approximate surface area is 267 Å². The van der Waals surface area contributed by atoms with Crippen LogP contribution in [0.15, 0.2) is 146 Å². The van der Waals surface area contributed by atoms with Crippen molar-refractivity contribution in [2.45, 2.75) is 0 Å². The van der Waals surface area contributed by atoms with Gasteiger partial charge in [0.15, 0.2) is 0 Å². The topological polar surface area (TPSA) is 17.8 Å². The van der Waals surface area contributed by atoms with Crippen LogP contribution in [-0.4, -0.2) is 9.55 Å². The molecule has 0 amide bonds. The van der Waals surface area contributed by atoms with E-state index >= 15 is 0 Å². The van der Waals surface area contributed by atoms with Gasteiger partial charge in [-0.2, -0.15) is 0 Å². The molecule has 0 spiro atoms. The first-order chi connectivity index (χ1) is 22.3. The van der Waals surface area contributed by atoms with Crippen LogP contribution in [0.5, 0.6) is 0 Å². The van der Waals surface area contributed by atoms with Crippen LogP contribution in [0.25, 0.3) is 90.4 Å². The molecule has 0 aliphatic carbocycles. The molecule has 45 heavy (non-hydrogen) atoms. The molecule has 10 rings (SSSR count). The highest BCUT2D eigenvalue weighted by Crippen LogP contribution is 2.48. The molecule has 0 N–H and O–H groups in total. The van der Waals surface area contributed by atoms with E-state index in [4.69, 9.17) is 4.98 Å². The average Bonchev–Trinajstić information content (AvgIpc) is 3.79. The monoisotopic (exact) mass is 608 g/mol. The van der Waals surface area contributed by atoms with Gasteiger partial charge < -0.3 is 4.57 Å². The van der Waals surface area contributed by atoms with Crippen molar-refractivity contribution in [2.24, 2.45) is 0 Å². The molecule has 10 aromatic rings. The molecule has 2 nitrogen and oxygen atoms in total. The first-order valence-corrected chi connectivity index (χ1v) is 16.8. The third-order valence-corrected chi connectivity index (χ3v) is 11.2. The molecule has 0 radical (unpaired) electrons. The highest BCUT2D eigenvalue weighted by molar-refractivity contribution is 7.27. The third kappa shape index (κ3) is 3.70. The zero-order valence-electron chi connectivity index (χ0n) is 24.1. The molecule has 210 valence electrons. The highest BCUT2D eigenvalue weighted by Gasteiger charge is 2.21. The fraction of sp³-hybridized carbons (Fsp3) is 0. The number of hydrogen-bond donors (Lipinski definition) is 0. The van der Waals surface area contributed by atoms with Crippen LogP contribution < -0.4 is 0 Å². The molecular formula is C41H24N2S2. The van der Waals surface area contributed by atoms with Crippen LogP contribution >= 0.6 is 22.7 Å². The van der Waals surface area contributed by atoms with Gasteiger partial charge in [0, 0.05) is 47.8 Å². The summed E-state index contributed by atoms with van der Waals surface area (Å²) in [4.78, 5) is 5.49. The smallest absolute Gasteiger partial charge is 0.125 e. The summed E-state index contributed by atoms with van der Waals surface area (Å²) < 4.78 is 6.23. The molecule has 0 fully saturated rings. The van der Waals surface area contributed by atoms with E-state index in [0.29, 0.717) is 0 Å². The van der Waals surface area contributed by atoms with Crippen molar-refractivity contribution in [2.75, 3.05) is 0 Å². The fourth-order valence-electron chi connectivity index (χ4n) is 7.01. The number of hydrogen-bond acceptors (Lipinski definition) is 3. The maximum Gasteiger partial charge on any atom is 0.125 e. The minimum absolute atomic E-state index is 1.05. The predicted molar refractivity (Wildman–Crippen MR) is 195 cm³/mol. The number of aromatic nitrogens is 2. The fourth-order valence-corrected chi connectivity index (χ4v) is 9.30. The normalized spacial score (nSPS) is 12.0. The van der Waals surface area contributed by atoms with Gasteiger partial charge in [-0.3, -0.25) is 0 Å². The van der Waals surface area contributed by atoms with Gasteiger partial charge in [-0.25, -0.2) is 4.98 Å². The minimum atomic E-state index is 1.05. The summed E-state index contributed by atoms with van der Waals surface area (Å²) in [6.45, 7) is 0. The Bertz CT molecular complexity index is 2750. The van der Waals surface area contributed by atoms with Crippen LogP contribution in [0.3, 0.4) is 0 Å². The van der Waals surface area contributed by atoms with Crippen molar-refractivity contribution in [3.05, 3.63) is 146 Å². The van der Waals surface area contributed by atoms with Crippen molar-refractivity contribution in [3.63, 3.8) is 0 Å². The maximum absolute atomic E-state index is 5.49. The van der Waals surface area contributed by atoms with Gasteiger partial charge in [-0.15, -0.1) is 22.7 Å². The Morgan fingerprint density at radius 3 is 2.07 bits per heavy atom. The zero-order valence-corrected chi connectivity index (χ0v) is 25.7. The Kier molecular flexibility index (Phi) is 5.35. The van der Waals surface area contributed by atoms with Crippen molar-refractivity contribution in [1.82, 2.24) is 9.55 Å². The van der Waals surface area contributed by atoms with Crippen molar-refractivity contribution < 1.29 is 0 Å². The van der Waals surface area contributed by atoms with Crippen molar-refractivity contribution in [3.8, 4) is 27.4 Å². The molecule has 0 aliphatic rings. The Hall–Kier alpha value is -5.29. The average molecular weight is 609 g/mol. The van der Waals surface area contributed by atoms with Crippen LogP contribution in [0.4, 0.5) is 0 Å². The number of fused-ring (bicyclic) bond motifs is 9. The van der Waals surface area contributed by atoms with E-state index in [0.717, 1.165) is 16.2 Å². The lowest BCUT2D eigenvalue weighted by atomic mass is 10.0. The number of nitrogens with zero attached hydrogens (tertiary/aromatic N) is 2. The number of rotatable bonds is 3. The van der Waals surface area contributed by atoms with Gasteiger partial charge in [-0.1, -0.05) is 103 Å². The Balaban J connectivity index is 1.32. The molecule has 4 heteroatoms. The highest BCUT2D eigenvalue weighted by atomic mass is 32.1. The van der Waals surface area contributed by atoms with E-state index in [1.807, 2.05) is 11.3 Å². The van der Waals surface area contributed by atoms with Gasteiger partial charge in [0.1, 0.15) is 5.01 Å². The van der Waals surface area contributed by atoms with Crippen LogP contribution in [0.2, 0.25) is 0 Å². The maximum atomic E-state index is 5.49. The van der Waals surface area contributed by atoms with Crippen molar-refractivity contribution >= 4 is 85.6 Å². The molecule has 3 aromatic heterocycles. The Morgan fingerprint density at radius 1 is 0.489 bits per heavy atom. The van der Waals surface area contributed by atoms with Gasteiger partial charge in [0.2, 0.25) is 0 Å². The summed E-state index contributed by atoms with van der Waals surface area (Å²) in [5, 5.41) is 8.58. The number of benzene rings is 7. The van der Waals surface area contributed by atoms with Gasteiger partial charge in [0.05, 0.1) is 21.3 Å². The second-order valence-corrected chi connectivity index (χ2v) is 13.6. The molecular weight excluding hydrogens is 585 g/mol. The van der Waals surface area contributed by atoms with Crippen molar-refractivity contribution in [1.29, 1.82) is 0 Å². The second-order valence-electron chi connectivity index (χ2n) is 11.5. The minimum Gasteiger partial charge on any atom is -0.309 e. The van der Waals surface area contributed by atoms with Gasteiger partial charge >= 0.3 is 0 Å². The molecule has 0 saturated carbocycles. The predicted octanol–water partition coefficient (Wildman–Crippen LogP) is 12.2.